The van der Waals surface area contributed by atoms with Gasteiger partial charge >= 0.3 is 0 Å². The Morgan fingerprint density at radius 1 is 1.42 bits per heavy atom. The molecule has 1 unspecified atom stereocenters. The van der Waals surface area contributed by atoms with E-state index in [9.17, 15) is 4.79 Å². The van der Waals surface area contributed by atoms with Gasteiger partial charge in [0.1, 0.15) is 0 Å². The number of aromatic amines is 1. The lowest BCUT2D eigenvalue weighted by atomic mass is 9.91. The molecule has 0 bridgehead atoms. The van der Waals surface area contributed by atoms with Crippen molar-refractivity contribution in [1.29, 1.82) is 0 Å². The van der Waals surface area contributed by atoms with E-state index in [1.54, 1.807) is 0 Å². The van der Waals surface area contributed by atoms with Gasteiger partial charge in [-0.25, -0.2) is 0 Å². The first-order valence-corrected chi connectivity index (χ1v) is 6.32. The first kappa shape index (κ1) is 13.9. The summed E-state index contributed by atoms with van der Waals surface area (Å²) in [6, 6.07) is 6.57. The summed E-state index contributed by atoms with van der Waals surface area (Å²) in [5.41, 5.74) is 4.75. The lowest BCUT2D eigenvalue weighted by molar-refractivity contribution is -0.105. The molecule has 1 aliphatic carbocycles. The number of nitrogens with one attached hydrogen (secondary N) is 3. The molecule has 1 aromatic carbocycles. The zero-order valence-corrected chi connectivity index (χ0v) is 11.6. The lowest BCUT2D eigenvalue weighted by Crippen LogP contribution is -2.31. The fraction of sp³-hybridized carbons (Fsp3) is 0.357. The molecule has 0 fully saturated rings. The van der Waals surface area contributed by atoms with Gasteiger partial charge in [0.25, 0.3) is 0 Å². The van der Waals surface area contributed by atoms with Crippen LogP contribution in [0.4, 0.5) is 5.69 Å². The van der Waals surface area contributed by atoms with Crippen LogP contribution in [0.15, 0.2) is 18.2 Å². The predicted octanol–water partition coefficient (Wildman–Crippen LogP) is 2.23. The molecule has 0 radical (unpaired) electrons. The molecule has 0 aliphatic heterocycles. The summed E-state index contributed by atoms with van der Waals surface area (Å²) in [6.07, 6.45) is 4.04. The van der Waals surface area contributed by atoms with Gasteiger partial charge in [-0.1, -0.05) is 0 Å². The first-order chi connectivity index (χ1) is 8.81. The molecule has 4 nitrogen and oxygen atoms in total. The van der Waals surface area contributed by atoms with Crippen LogP contribution in [0.1, 0.15) is 17.7 Å². The average Bonchev–Trinajstić information content (AvgIpc) is 2.76. The Morgan fingerprint density at radius 2 is 2.26 bits per heavy atom. The highest BCUT2D eigenvalue weighted by atomic mass is 35.5. The topological polar surface area (TPSA) is 56.9 Å². The summed E-state index contributed by atoms with van der Waals surface area (Å²) in [5.74, 6) is 0. The van der Waals surface area contributed by atoms with Crippen LogP contribution in [0.3, 0.4) is 0 Å². The fourth-order valence-corrected chi connectivity index (χ4v) is 2.82. The van der Waals surface area contributed by atoms with Crippen molar-refractivity contribution in [2.24, 2.45) is 0 Å². The highest BCUT2D eigenvalue weighted by Crippen LogP contribution is 2.30. The maximum absolute atomic E-state index is 10.5. The van der Waals surface area contributed by atoms with Gasteiger partial charge in [0.05, 0.1) is 0 Å². The number of carbonyl (C=O) groups excluding carboxylic acids is 1. The fourth-order valence-electron chi connectivity index (χ4n) is 2.82. The van der Waals surface area contributed by atoms with Crippen molar-refractivity contribution in [3.8, 4) is 0 Å². The molecule has 1 aliphatic rings. The van der Waals surface area contributed by atoms with Gasteiger partial charge in [-0.15, -0.1) is 12.4 Å². The van der Waals surface area contributed by atoms with Crippen molar-refractivity contribution in [2.45, 2.75) is 25.3 Å². The molecular formula is C14H18ClN3O. The zero-order chi connectivity index (χ0) is 12.5. The van der Waals surface area contributed by atoms with Crippen molar-refractivity contribution < 1.29 is 4.79 Å². The summed E-state index contributed by atoms with van der Waals surface area (Å²) in [4.78, 5) is 14.0. The second kappa shape index (κ2) is 5.63. The lowest BCUT2D eigenvalue weighted by Gasteiger charge is -2.21. The van der Waals surface area contributed by atoms with Gasteiger partial charge in [-0.2, -0.15) is 0 Å². The summed E-state index contributed by atoms with van der Waals surface area (Å²) in [6.45, 7) is 0. The third kappa shape index (κ3) is 2.46. The van der Waals surface area contributed by atoms with E-state index >= 15 is 0 Å². The molecule has 102 valence electrons. The SMILES string of the molecule is CNC1CCc2[nH]c3ccc(NC=O)cc3c2C1.Cl. The molecule has 2 aromatic rings. The van der Waals surface area contributed by atoms with E-state index in [0.717, 1.165) is 30.5 Å². The van der Waals surface area contributed by atoms with Gasteiger partial charge in [-0.05, 0) is 50.1 Å². The second-order valence-corrected chi connectivity index (χ2v) is 4.83. The molecule has 1 amide bonds. The minimum atomic E-state index is 0. The Labute approximate surface area is 118 Å². The van der Waals surface area contributed by atoms with Crippen LogP contribution in [0.25, 0.3) is 10.9 Å². The van der Waals surface area contributed by atoms with Crippen molar-refractivity contribution in [1.82, 2.24) is 10.3 Å². The number of amides is 1. The molecule has 0 saturated carbocycles. The van der Waals surface area contributed by atoms with Crippen molar-refractivity contribution >= 4 is 35.4 Å². The van der Waals surface area contributed by atoms with Crippen LogP contribution >= 0.6 is 12.4 Å². The van der Waals surface area contributed by atoms with Crippen molar-refractivity contribution in [3.05, 3.63) is 29.5 Å². The van der Waals surface area contributed by atoms with Crippen LogP contribution in [-0.2, 0) is 17.6 Å². The number of likely N-dealkylation sites (N-methyl/N-ethyl adjacent to an activating group) is 1. The molecule has 0 spiro atoms. The number of anilines is 1. The molecule has 19 heavy (non-hydrogen) atoms. The highest BCUT2D eigenvalue weighted by molar-refractivity contribution is 5.89. The van der Waals surface area contributed by atoms with Crippen LogP contribution in [0.2, 0.25) is 0 Å². The van der Waals surface area contributed by atoms with Gasteiger partial charge in [0.2, 0.25) is 6.41 Å². The summed E-state index contributed by atoms with van der Waals surface area (Å²) in [5, 5.41) is 7.30. The van der Waals surface area contributed by atoms with Crippen LogP contribution in [0.5, 0.6) is 0 Å². The van der Waals surface area contributed by atoms with Crippen molar-refractivity contribution in [2.75, 3.05) is 12.4 Å². The third-order valence-corrected chi connectivity index (χ3v) is 3.82. The number of aryl methyl sites for hydroxylation is 1. The summed E-state index contributed by atoms with van der Waals surface area (Å²) in [7, 11) is 2.02. The average molecular weight is 280 g/mol. The molecule has 0 saturated heterocycles. The number of carbonyl (C=O) groups is 1. The highest BCUT2D eigenvalue weighted by Gasteiger charge is 2.21. The maximum Gasteiger partial charge on any atom is 0.211 e. The third-order valence-electron chi connectivity index (χ3n) is 3.82. The number of benzene rings is 1. The van der Waals surface area contributed by atoms with Crippen LogP contribution in [0, 0.1) is 0 Å². The minimum Gasteiger partial charge on any atom is -0.358 e. The van der Waals surface area contributed by atoms with E-state index in [1.165, 1.54) is 23.1 Å². The van der Waals surface area contributed by atoms with E-state index < -0.39 is 0 Å². The monoisotopic (exact) mass is 279 g/mol. The van der Waals surface area contributed by atoms with E-state index in [-0.39, 0.29) is 12.4 Å². The van der Waals surface area contributed by atoms with Gasteiger partial charge in [0, 0.05) is 28.3 Å². The number of hydrogen-bond acceptors (Lipinski definition) is 2. The van der Waals surface area contributed by atoms with E-state index in [0.29, 0.717) is 6.04 Å². The predicted molar refractivity (Wildman–Crippen MR) is 80.1 cm³/mol. The summed E-state index contributed by atoms with van der Waals surface area (Å²) >= 11 is 0. The molecule has 5 heteroatoms. The Hall–Kier alpha value is -1.52. The smallest absolute Gasteiger partial charge is 0.211 e. The molecule has 1 heterocycles. The molecule has 1 atom stereocenters. The number of halogens is 1. The quantitative estimate of drug-likeness (QED) is 0.755. The van der Waals surface area contributed by atoms with Crippen LogP contribution in [-0.4, -0.2) is 24.5 Å². The first-order valence-electron chi connectivity index (χ1n) is 6.32. The zero-order valence-electron chi connectivity index (χ0n) is 10.8. The summed E-state index contributed by atoms with van der Waals surface area (Å²) < 4.78 is 0. The minimum absolute atomic E-state index is 0. The maximum atomic E-state index is 10.5. The standard InChI is InChI=1S/C14H17N3O.ClH/c1-15-9-2-4-13-11(6-9)12-7-10(16-8-18)3-5-14(12)17-13;/h3,5,7-9,15,17H,2,4,6H2,1H3,(H,16,18);1H. The van der Waals surface area contributed by atoms with Gasteiger partial charge < -0.3 is 15.6 Å². The van der Waals surface area contributed by atoms with E-state index in [4.69, 9.17) is 0 Å². The van der Waals surface area contributed by atoms with Gasteiger partial charge in [0.15, 0.2) is 0 Å². The Balaban J connectivity index is 0.00000133. The number of H-pyrrole nitrogens is 1. The van der Waals surface area contributed by atoms with Crippen molar-refractivity contribution in [3.63, 3.8) is 0 Å². The Kier molecular flexibility index (Phi) is 4.12. The van der Waals surface area contributed by atoms with Crippen LogP contribution < -0.4 is 10.6 Å². The Morgan fingerprint density at radius 3 is 3.00 bits per heavy atom. The number of fused-ring (bicyclic) bond motifs is 3. The number of hydrogen-bond donors (Lipinski definition) is 3. The number of aromatic nitrogens is 1. The van der Waals surface area contributed by atoms with Gasteiger partial charge in [-0.3, -0.25) is 4.79 Å². The molecule has 3 rings (SSSR count). The largest absolute Gasteiger partial charge is 0.358 e. The van der Waals surface area contributed by atoms with E-state index in [2.05, 4.69) is 21.7 Å². The van der Waals surface area contributed by atoms with E-state index in [1.807, 2.05) is 19.2 Å². The number of rotatable bonds is 3. The molecular weight excluding hydrogens is 262 g/mol. The molecule has 1 aromatic heterocycles. The Bertz CT molecular complexity index is 594. The second-order valence-electron chi connectivity index (χ2n) is 4.83. The molecule has 3 N–H and O–H groups in total. The normalized spacial score (nSPS) is 17.6.